The second-order valence-electron chi connectivity index (χ2n) is 5.43. The van der Waals surface area contributed by atoms with Crippen molar-refractivity contribution in [3.05, 3.63) is 30.6 Å². The summed E-state index contributed by atoms with van der Waals surface area (Å²) < 4.78 is 1.92. The van der Waals surface area contributed by atoms with Gasteiger partial charge < -0.3 is 15.6 Å². The lowest BCUT2D eigenvalue weighted by Gasteiger charge is -2.21. The SMILES string of the molecule is CC(C)C(CN)CNc1ccccc1-c1nncn1C. The summed E-state index contributed by atoms with van der Waals surface area (Å²) in [6, 6.07) is 8.16. The molecule has 0 fully saturated rings. The van der Waals surface area contributed by atoms with E-state index >= 15 is 0 Å². The molecule has 0 aliphatic carbocycles. The first-order valence-corrected chi connectivity index (χ1v) is 7.00. The van der Waals surface area contributed by atoms with Gasteiger partial charge >= 0.3 is 0 Å². The highest BCUT2D eigenvalue weighted by molar-refractivity contribution is 5.73. The Morgan fingerprint density at radius 1 is 1.30 bits per heavy atom. The molecule has 2 rings (SSSR count). The Kier molecular flexibility index (Phi) is 4.74. The molecule has 1 heterocycles. The fourth-order valence-electron chi connectivity index (χ4n) is 2.19. The Hall–Kier alpha value is -1.88. The third-order valence-corrected chi connectivity index (χ3v) is 3.68. The summed E-state index contributed by atoms with van der Waals surface area (Å²) in [7, 11) is 1.95. The molecular weight excluding hydrogens is 250 g/mol. The van der Waals surface area contributed by atoms with Crippen LogP contribution in [-0.4, -0.2) is 27.9 Å². The zero-order valence-corrected chi connectivity index (χ0v) is 12.4. The molecule has 0 saturated carbocycles. The molecule has 2 aromatic rings. The fourth-order valence-corrected chi connectivity index (χ4v) is 2.19. The van der Waals surface area contributed by atoms with E-state index in [0.717, 1.165) is 23.6 Å². The molecule has 108 valence electrons. The van der Waals surface area contributed by atoms with E-state index in [9.17, 15) is 0 Å². The highest BCUT2D eigenvalue weighted by Gasteiger charge is 2.13. The Bertz CT molecular complexity index is 547. The normalized spacial score (nSPS) is 12.7. The third kappa shape index (κ3) is 3.17. The van der Waals surface area contributed by atoms with Crippen LogP contribution >= 0.6 is 0 Å². The number of aryl methyl sites for hydroxylation is 1. The third-order valence-electron chi connectivity index (χ3n) is 3.68. The Labute approximate surface area is 120 Å². The van der Waals surface area contributed by atoms with Gasteiger partial charge in [-0.25, -0.2) is 0 Å². The lowest BCUT2D eigenvalue weighted by molar-refractivity contribution is 0.413. The van der Waals surface area contributed by atoms with Crippen molar-refractivity contribution in [3.8, 4) is 11.4 Å². The molecule has 3 N–H and O–H groups in total. The van der Waals surface area contributed by atoms with Crippen LogP contribution < -0.4 is 11.1 Å². The van der Waals surface area contributed by atoms with E-state index < -0.39 is 0 Å². The molecule has 1 aromatic carbocycles. The fraction of sp³-hybridized carbons (Fsp3) is 0.467. The Morgan fingerprint density at radius 3 is 2.65 bits per heavy atom. The molecule has 0 saturated heterocycles. The summed E-state index contributed by atoms with van der Waals surface area (Å²) in [5, 5.41) is 11.6. The number of rotatable bonds is 6. The van der Waals surface area contributed by atoms with Gasteiger partial charge in [0, 0.05) is 24.8 Å². The molecule has 5 heteroatoms. The summed E-state index contributed by atoms with van der Waals surface area (Å²) in [4.78, 5) is 0. The first-order chi connectivity index (χ1) is 9.63. The van der Waals surface area contributed by atoms with Gasteiger partial charge in [0.15, 0.2) is 5.82 Å². The smallest absolute Gasteiger partial charge is 0.165 e. The number of aromatic nitrogens is 3. The summed E-state index contributed by atoms with van der Waals surface area (Å²) in [6.45, 7) is 5.96. The van der Waals surface area contributed by atoms with E-state index in [1.165, 1.54) is 0 Å². The monoisotopic (exact) mass is 273 g/mol. The van der Waals surface area contributed by atoms with E-state index in [1.54, 1.807) is 6.33 Å². The van der Waals surface area contributed by atoms with Crippen molar-refractivity contribution in [2.24, 2.45) is 24.6 Å². The summed E-state index contributed by atoms with van der Waals surface area (Å²) >= 11 is 0. The van der Waals surface area contributed by atoms with Crippen LogP contribution in [0.5, 0.6) is 0 Å². The van der Waals surface area contributed by atoms with E-state index in [-0.39, 0.29) is 0 Å². The molecule has 1 aromatic heterocycles. The maximum absolute atomic E-state index is 5.83. The van der Waals surface area contributed by atoms with Gasteiger partial charge in [-0.05, 0) is 30.5 Å². The molecule has 0 bridgehead atoms. The lowest BCUT2D eigenvalue weighted by atomic mass is 9.96. The maximum Gasteiger partial charge on any atom is 0.165 e. The van der Waals surface area contributed by atoms with Gasteiger partial charge in [0.1, 0.15) is 6.33 Å². The standard InChI is InChI=1S/C15H23N5/c1-11(2)12(8-16)9-17-14-7-5-4-6-13(14)15-19-18-10-20(15)3/h4-7,10-12,17H,8-9,16H2,1-3H3. The Morgan fingerprint density at radius 2 is 2.05 bits per heavy atom. The van der Waals surface area contributed by atoms with E-state index in [2.05, 4.69) is 41.5 Å². The zero-order valence-electron chi connectivity index (χ0n) is 12.4. The average molecular weight is 273 g/mol. The summed E-state index contributed by atoms with van der Waals surface area (Å²) in [5.74, 6) is 1.89. The molecule has 0 aliphatic rings. The molecule has 0 radical (unpaired) electrons. The van der Waals surface area contributed by atoms with Gasteiger partial charge in [-0.1, -0.05) is 26.0 Å². The number of anilines is 1. The molecule has 1 unspecified atom stereocenters. The number of hydrogen-bond acceptors (Lipinski definition) is 4. The van der Waals surface area contributed by atoms with Crippen molar-refractivity contribution in [2.45, 2.75) is 13.8 Å². The van der Waals surface area contributed by atoms with Crippen molar-refractivity contribution in [1.29, 1.82) is 0 Å². The van der Waals surface area contributed by atoms with Crippen LogP contribution in [0.4, 0.5) is 5.69 Å². The number of para-hydroxylation sites is 1. The first kappa shape index (κ1) is 14.5. The number of nitrogens with two attached hydrogens (primary N) is 1. The first-order valence-electron chi connectivity index (χ1n) is 7.00. The number of hydrogen-bond donors (Lipinski definition) is 2. The molecular formula is C15H23N5. The second-order valence-corrected chi connectivity index (χ2v) is 5.43. The minimum Gasteiger partial charge on any atom is -0.384 e. The largest absolute Gasteiger partial charge is 0.384 e. The molecule has 0 spiro atoms. The average Bonchev–Trinajstić information content (AvgIpc) is 2.86. The highest BCUT2D eigenvalue weighted by Crippen LogP contribution is 2.26. The minimum absolute atomic E-state index is 0.461. The van der Waals surface area contributed by atoms with Crippen molar-refractivity contribution >= 4 is 5.69 Å². The Balaban J connectivity index is 2.19. The van der Waals surface area contributed by atoms with Crippen molar-refractivity contribution in [2.75, 3.05) is 18.4 Å². The van der Waals surface area contributed by atoms with Gasteiger partial charge in [-0.2, -0.15) is 0 Å². The molecule has 20 heavy (non-hydrogen) atoms. The highest BCUT2D eigenvalue weighted by atomic mass is 15.2. The predicted octanol–water partition coefficient (Wildman–Crippen LogP) is 2.12. The summed E-state index contributed by atoms with van der Waals surface area (Å²) in [6.07, 6.45) is 1.71. The topological polar surface area (TPSA) is 68.8 Å². The lowest BCUT2D eigenvalue weighted by Crippen LogP contribution is -2.27. The van der Waals surface area contributed by atoms with Gasteiger partial charge in [-0.15, -0.1) is 10.2 Å². The van der Waals surface area contributed by atoms with Gasteiger partial charge in [0.05, 0.1) is 0 Å². The minimum atomic E-state index is 0.461. The van der Waals surface area contributed by atoms with Crippen molar-refractivity contribution in [1.82, 2.24) is 14.8 Å². The molecule has 0 amide bonds. The van der Waals surface area contributed by atoms with Crippen LogP contribution in [0.25, 0.3) is 11.4 Å². The quantitative estimate of drug-likeness (QED) is 0.846. The van der Waals surface area contributed by atoms with E-state index in [1.807, 2.05) is 23.7 Å². The zero-order chi connectivity index (χ0) is 14.5. The van der Waals surface area contributed by atoms with E-state index in [0.29, 0.717) is 18.4 Å². The number of benzene rings is 1. The van der Waals surface area contributed by atoms with Crippen molar-refractivity contribution < 1.29 is 0 Å². The van der Waals surface area contributed by atoms with Crippen LogP contribution in [0, 0.1) is 11.8 Å². The van der Waals surface area contributed by atoms with E-state index in [4.69, 9.17) is 5.73 Å². The predicted molar refractivity (Wildman–Crippen MR) is 82.3 cm³/mol. The van der Waals surface area contributed by atoms with Crippen LogP contribution in [0.1, 0.15) is 13.8 Å². The number of nitrogens with zero attached hydrogens (tertiary/aromatic N) is 3. The number of nitrogens with one attached hydrogen (secondary N) is 1. The van der Waals surface area contributed by atoms with Crippen LogP contribution in [0.3, 0.4) is 0 Å². The van der Waals surface area contributed by atoms with Crippen LogP contribution in [0.2, 0.25) is 0 Å². The van der Waals surface area contributed by atoms with Crippen molar-refractivity contribution in [3.63, 3.8) is 0 Å². The van der Waals surface area contributed by atoms with Crippen LogP contribution in [-0.2, 0) is 7.05 Å². The summed E-state index contributed by atoms with van der Waals surface area (Å²) in [5.41, 5.74) is 7.96. The van der Waals surface area contributed by atoms with Gasteiger partial charge in [-0.3, -0.25) is 0 Å². The van der Waals surface area contributed by atoms with Gasteiger partial charge in [0.2, 0.25) is 0 Å². The van der Waals surface area contributed by atoms with Gasteiger partial charge in [0.25, 0.3) is 0 Å². The molecule has 1 atom stereocenters. The maximum atomic E-state index is 5.83. The molecule has 5 nitrogen and oxygen atoms in total. The second kappa shape index (κ2) is 6.52. The van der Waals surface area contributed by atoms with Crippen LogP contribution in [0.15, 0.2) is 30.6 Å². The molecule has 0 aliphatic heterocycles.